The molecule has 21 heavy (non-hydrogen) atoms. The highest BCUT2D eigenvalue weighted by Crippen LogP contribution is 2.32. The summed E-state index contributed by atoms with van der Waals surface area (Å²) in [6.45, 7) is 9.81. The second-order valence-corrected chi connectivity index (χ2v) is 6.71. The summed E-state index contributed by atoms with van der Waals surface area (Å²) in [6, 6.07) is 0. The molecule has 5 atom stereocenters. The van der Waals surface area contributed by atoms with Crippen LogP contribution in [0.25, 0.3) is 0 Å². The number of aliphatic hydroxyl groups is 1. The van der Waals surface area contributed by atoms with E-state index >= 15 is 0 Å². The van der Waals surface area contributed by atoms with Gasteiger partial charge in [0.25, 0.3) is 0 Å². The van der Waals surface area contributed by atoms with Crippen molar-refractivity contribution in [2.45, 2.75) is 71.7 Å². The third kappa shape index (κ3) is 5.11. The van der Waals surface area contributed by atoms with E-state index in [0.29, 0.717) is 5.92 Å². The molecule has 4 nitrogen and oxygen atoms in total. The van der Waals surface area contributed by atoms with Gasteiger partial charge in [-0.25, -0.2) is 0 Å². The van der Waals surface area contributed by atoms with E-state index in [-0.39, 0.29) is 24.1 Å². The summed E-state index contributed by atoms with van der Waals surface area (Å²) in [6.07, 6.45) is 4.43. The van der Waals surface area contributed by atoms with Crippen LogP contribution in [-0.2, 0) is 14.3 Å². The lowest BCUT2D eigenvalue weighted by Gasteiger charge is -2.39. The van der Waals surface area contributed by atoms with Crippen LogP contribution in [-0.4, -0.2) is 36.0 Å². The number of methoxy groups -OCH3 is 1. The summed E-state index contributed by atoms with van der Waals surface area (Å²) < 4.78 is 10.7. The van der Waals surface area contributed by atoms with Gasteiger partial charge in [-0.2, -0.15) is 0 Å². The Morgan fingerprint density at radius 1 is 1.52 bits per heavy atom. The molecule has 1 heterocycles. The average Bonchev–Trinajstić information content (AvgIpc) is 2.40. The lowest BCUT2D eigenvalue weighted by Crippen LogP contribution is -2.46. The van der Waals surface area contributed by atoms with Crippen LogP contribution in [0.15, 0.2) is 11.6 Å². The molecule has 1 aliphatic heterocycles. The van der Waals surface area contributed by atoms with Crippen LogP contribution in [0.3, 0.4) is 0 Å². The number of carbonyl (C=O) groups excluding carboxylic acids is 1. The number of hydrogen-bond acceptors (Lipinski definition) is 4. The first-order chi connectivity index (χ1) is 9.67. The second kappa shape index (κ2) is 7.41. The van der Waals surface area contributed by atoms with Gasteiger partial charge in [-0.1, -0.05) is 19.9 Å². The SMILES string of the molecule is COC(=O)[C@H](C)C[C@@H](C)/C=C(\C)[C@@H]1CC[C@@](C)(O)[C@@H](C)O1. The molecule has 0 saturated carbocycles. The van der Waals surface area contributed by atoms with E-state index in [1.165, 1.54) is 12.7 Å². The number of carbonyl (C=O) groups is 1. The van der Waals surface area contributed by atoms with Gasteiger partial charge in [0.1, 0.15) is 0 Å². The normalized spacial score (nSPS) is 33.4. The zero-order valence-electron chi connectivity index (χ0n) is 14.2. The van der Waals surface area contributed by atoms with E-state index in [4.69, 9.17) is 9.47 Å². The Hall–Kier alpha value is -0.870. The molecule has 1 fully saturated rings. The van der Waals surface area contributed by atoms with Gasteiger partial charge in [-0.15, -0.1) is 0 Å². The molecule has 0 bridgehead atoms. The highest BCUT2D eigenvalue weighted by Gasteiger charge is 2.36. The maximum atomic E-state index is 11.5. The third-order valence-corrected chi connectivity index (χ3v) is 4.54. The Bertz CT molecular complexity index is 386. The summed E-state index contributed by atoms with van der Waals surface area (Å²) in [5, 5.41) is 10.1. The molecule has 1 saturated heterocycles. The Kier molecular flexibility index (Phi) is 6.41. The van der Waals surface area contributed by atoms with Crippen molar-refractivity contribution >= 4 is 5.97 Å². The summed E-state index contributed by atoms with van der Waals surface area (Å²) >= 11 is 0. The summed E-state index contributed by atoms with van der Waals surface area (Å²) in [5.41, 5.74) is 0.448. The number of esters is 1. The van der Waals surface area contributed by atoms with E-state index in [9.17, 15) is 9.90 Å². The van der Waals surface area contributed by atoms with Crippen molar-refractivity contribution in [3.8, 4) is 0 Å². The molecule has 0 aromatic heterocycles. The monoisotopic (exact) mass is 298 g/mol. The topological polar surface area (TPSA) is 55.8 Å². The van der Waals surface area contributed by atoms with Crippen LogP contribution in [0.1, 0.15) is 53.9 Å². The van der Waals surface area contributed by atoms with Crippen LogP contribution < -0.4 is 0 Å². The molecule has 1 N–H and O–H groups in total. The standard InChI is InChI=1S/C17H30O4/c1-11(10-13(3)16(18)20-6)9-12(2)15-7-8-17(5,19)14(4)21-15/h9,11,13-15,19H,7-8,10H2,1-6H3/b12-9+/t11-,13+,14+,15-,17+/m0/s1. The van der Waals surface area contributed by atoms with Crippen LogP contribution in [0, 0.1) is 11.8 Å². The Balaban J connectivity index is 2.58. The average molecular weight is 298 g/mol. The first-order valence-corrected chi connectivity index (χ1v) is 7.81. The Morgan fingerprint density at radius 2 is 2.14 bits per heavy atom. The summed E-state index contributed by atoms with van der Waals surface area (Å²) in [5.74, 6) is 0.0351. The van der Waals surface area contributed by atoms with E-state index in [0.717, 1.165) is 19.3 Å². The molecule has 0 aliphatic carbocycles. The zero-order chi connectivity index (χ0) is 16.2. The minimum Gasteiger partial charge on any atom is -0.469 e. The zero-order valence-corrected chi connectivity index (χ0v) is 14.2. The first-order valence-electron chi connectivity index (χ1n) is 7.81. The van der Waals surface area contributed by atoms with Crippen molar-refractivity contribution in [2.75, 3.05) is 7.11 Å². The van der Waals surface area contributed by atoms with Crippen LogP contribution in [0.2, 0.25) is 0 Å². The Morgan fingerprint density at radius 3 is 2.67 bits per heavy atom. The molecular formula is C17H30O4. The van der Waals surface area contributed by atoms with Crippen molar-refractivity contribution in [2.24, 2.45) is 11.8 Å². The predicted octanol–water partition coefficient (Wildman–Crippen LogP) is 3.09. The predicted molar refractivity (Wildman–Crippen MR) is 82.9 cm³/mol. The fourth-order valence-corrected chi connectivity index (χ4v) is 2.90. The van der Waals surface area contributed by atoms with E-state index < -0.39 is 5.60 Å². The first kappa shape index (κ1) is 18.2. The maximum absolute atomic E-state index is 11.5. The summed E-state index contributed by atoms with van der Waals surface area (Å²) in [4.78, 5) is 11.5. The van der Waals surface area contributed by atoms with E-state index in [1.807, 2.05) is 20.8 Å². The van der Waals surface area contributed by atoms with Gasteiger partial charge in [0.05, 0.1) is 30.8 Å². The van der Waals surface area contributed by atoms with Gasteiger partial charge in [-0.3, -0.25) is 4.79 Å². The van der Waals surface area contributed by atoms with Gasteiger partial charge in [-0.05, 0) is 51.5 Å². The van der Waals surface area contributed by atoms with Crippen molar-refractivity contribution < 1.29 is 19.4 Å². The molecule has 0 unspecified atom stereocenters. The fraction of sp³-hybridized carbons (Fsp3) is 0.824. The minimum atomic E-state index is -0.734. The van der Waals surface area contributed by atoms with E-state index in [1.54, 1.807) is 0 Å². The lowest BCUT2D eigenvalue weighted by molar-refractivity contribution is -0.149. The highest BCUT2D eigenvalue weighted by molar-refractivity contribution is 5.71. The molecule has 0 radical (unpaired) electrons. The fourth-order valence-electron chi connectivity index (χ4n) is 2.90. The van der Waals surface area contributed by atoms with Crippen molar-refractivity contribution in [3.05, 3.63) is 11.6 Å². The molecular weight excluding hydrogens is 268 g/mol. The lowest BCUT2D eigenvalue weighted by atomic mass is 9.86. The van der Waals surface area contributed by atoms with Crippen LogP contribution in [0.4, 0.5) is 0 Å². The number of allylic oxidation sites excluding steroid dienone is 1. The van der Waals surface area contributed by atoms with Gasteiger partial charge >= 0.3 is 5.97 Å². The van der Waals surface area contributed by atoms with Crippen molar-refractivity contribution in [1.29, 1.82) is 0 Å². The second-order valence-electron chi connectivity index (χ2n) is 6.71. The third-order valence-electron chi connectivity index (χ3n) is 4.54. The quantitative estimate of drug-likeness (QED) is 0.626. The molecule has 1 rings (SSSR count). The van der Waals surface area contributed by atoms with Gasteiger partial charge in [0, 0.05) is 0 Å². The molecule has 0 aromatic rings. The number of hydrogen-bond donors (Lipinski definition) is 1. The molecule has 122 valence electrons. The molecule has 4 heteroatoms. The van der Waals surface area contributed by atoms with E-state index in [2.05, 4.69) is 19.9 Å². The largest absolute Gasteiger partial charge is 0.469 e. The minimum absolute atomic E-state index is 0.0658. The van der Waals surface area contributed by atoms with Crippen LogP contribution in [0.5, 0.6) is 0 Å². The van der Waals surface area contributed by atoms with Crippen molar-refractivity contribution in [1.82, 2.24) is 0 Å². The number of rotatable bonds is 5. The molecule has 0 aromatic carbocycles. The smallest absolute Gasteiger partial charge is 0.308 e. The van der Waals surface area contributed by atoms with Crippen molar-refractivity contribution in [3.63, 3.8) is 0 Å². The Labute approximate surface area is 128 Å². The van der Waals surface area contributed by atoms with Gasteiger partial charge in [0.2, 0.25) is 0 Å². The highest BCUT2D eigenvalue weighted by atomic mass is 16.5. The maximum Gasteiger partial charge on any atom is 0.308 e. The van der Waals surface area contributed by atoms with Gasteiger partial charge < -0.3 is 14.6 Å². The summed E-state index contributed by atoms with van der Waals surface area (Å²) in [7, 11) is 1.42. The molecule has 0 spiro atoms. The number of ether oxygens (including phenoxy) is 2. The van der Waals surface area contributed by atoms with Crippen LogP contribution >= 0.6 is 0 Å². The molecule has 1 aliphatic rings. The molecule has 0 amide bonds. The van der Waals surface area contributed by atoms with Gasteiger partial charge in [0.15, 0.2) is 0 Å².